The van der Waals surface area contributed by atoms with Crippen LogP contribution in [0.15, 0.2) is 58.4 Å². The van der Waals surface area contributed by atoms with E-state index in [4.69, 9.17) is 28.9 Å². The first kappa shape index (κ1) is 20.5. The SMILES string of the molecule is N#CC1=C(N)N(NC(=O)c2cccs2)C2=C(C(=O)CCC2)C1c1ccc(Cl)cc1Cl. The normalized spacial score (nSPS) is 18.9. The number of thiophene rings is 1. The minimum atomic E-state index is -0.711. The molecule has 1 aromatic heterocycles. The van der Waals surface area contributed by atoms with Crippen molar-refractivity contribution in [2.75, 3.05) is 0 Å². The van der Waals surface area contributed by atoms with Crippen molar-refractivity contribution in [3.8, 4) is 6.07 Å². The zero-order chi connectivity index (χ0) is 21.4. The Balaban J connectivity index is 1.86. The second kappa shape index (κ2) is 8.15. The Morgan fingerprint density at radius 3 is 2.77 bits per heavy atom. The average molecular weight is 459 g/mol. The van der Waals surface area contributed by atoms with E-state index < -0.39 is 5.92 Å². The number of rotatable bonds is 3. The van der Waals surface area contributed by atoms with Crippen LogP contribution in [0.3, 0.4) is 0 Å². The zero-order valence-corrected chi connectivity index (χ0v) is 17.9. The van der Waals surface area contributed by atoms with Crippen molar-refractivity contribution in [1.29, 1.82) is 5.26 Å². The number of nitrogens with two attached hydrogens (primary N) is 1. The van der Waals surface area contributed by atoms with Crippen molar-refractivity contribution in [2.45, 2.75) is 25.2 Å². The molecular weight excluding hydrogens is 443 g/mol. The number of nitriles is 1. The molecule has 152 valence electrons. The smallest absolute Gasteiger partial charge is 0.280 e. The Kier molecular flexibility index (Phi) is 5.56. The molecule has 1 amide bonds. The van der Waals surface area contributed by atoms with Gasteiger partial charge < -0.3 is 5.73 Å². The zero-order valence-electron chi connectivity index (χ0n) is 15.6. The molecule has 0 fully saturated rings. The van der Waals surface area contributed by atoms with Gasteiger partial charge in [0.2, 0.25) is 0 Å². The van der Waals surface area contributed by atoms with Gasteiger partial charge in [0.1, 0.15) is 5.82 Å². The number of benzene rings is 1. The Morgan fingerprint density at radius 2 is 2.10 bits per heavy atom. The number of nitrogens with zero attached hydrogens (tertiary/aromatic N) is 2. The lowest BCUT2D eigenvalue weighted by atomic mass is 9.76. The number of Topliss-reactive ketones (excluding diaryl/α,β-unsaturated/α-hetero) is 1. The molecule has 2 heterocycles. The van der Waals surface area contributed by atoms with Crippen LogP contribution in [-0.4, -0.2) is 16.7 Å². The van der Waals surface area contributed by atoms with E-state index in [-0.39, 0.29) is 23.1 Å². The molecule has 1 aromatic carbocycles. The van der Waals surface area contributed by atoms with Crippen LogP contribution in [0.2, 0.25) is 10.0 Å². The fourth-order valence-electron chi connectivity index (χ4n) is 3.83. The molecule has 30 heavy (non-hydrogen) atoms. The minimum absolute atomic E-state index is 0.0758. The third-order valence-electron chi connectivity index (χ3n) is 5.15. The summed E-state index contributed by atoms with van der Waals surface area (Å²) in [5.74, 6) is -1.09. The topological polar surface area (TPSA) is 99.2 Å². The van der Waals surface area contributed by atoms with E-state index in [1.54, 1.807) is 35.7 Å². The molecule has 0 saturated heterocycles. The second-order valence-corrected chi connectivity index (χ2v) is 8.69. The lowest BCUT2D eigenvalue weighted by Gasteiger charge is -2.39. The van der Waals surface area contributed by atoms with Gasteiger partial charge in [0, 0.05) is 27.7 Å². The van der Waals surface area contributed by atoms with Crippen LogP contribution in [0.4, 0.5) is 0 Å². The summed E-state index contributed by atoms with van der Waals surface area (Å²) in [6, 6.07) is 10.5. The van der Waals surface area contributed by atoms with Crippen LogP contribution in [0.5, 0.6) is 0 Å². The molecule has 9 heteroatoms. The number of hydrazine groups is 1. The molecule has 4 rings (SSSR count). The van der Waals surface area contributed by atoms with Gasteiger partial charge >= 0.3 is 0 Å². The van der Waals surface area contributed by atoms with Crippen LogP contribution in [0.25, 0.3) is 0 Å². The van der Waals surface area contributed by atoms with Crippen LogP contribution in [0.1, 0.15) is 40.4 Å². The van der Waals surface area contributed by atoms with Gasteiger partial charge in [-0.05, 0) is 42.0 Å². The number of amides is 1. The molecule has 1 unspecified atom stereocenters. The molecule has 0 saturated carbocycles. The van der Waals surface area contributed by atoms with E-state index in [1.165, 1.54) is 16.3 Å². The van der Waals surface area contributed by atoms with Gasteiger partial charge in [0.15, 0.2) is 5.78 Å². The number of nitrogens with one attached hydrogen (secondary N) is 1. The van der Waals surface area contributed by atoms with Gasteiger partial charge in [-0.3, -0.25) is 15.0 Å². The number of carbonyl (C=O) groups is 2. The van der Waals surface area contributed by atoms with E-state index in [0.717, 1.165) is 0 Å². The average Bonchev–Trinajstić information content (AvgIpc) is 3.25. The second-order valence-electron chi connectivity index (χ2n) is 6.90. The molecule has 0 radical (unpaired) electrons. The van der Waals surface area contributed by atoms with Gasteiger partial charge in [-0.2, -0.15) is 5.26 Å². The van der Waals surface area contributed by atoms with E-state index in [0.29, 0.717) is 51.0 Å². The molecule has 2 aliphatic rings. The minimum Gasteiger partial charge on any atom is -0.383 e. The summed E-state index contributed by atoms with van der Waals surface area (Å²) in [6.45, 7) is 0. The van der Waals surface area contributed by atoms with Crippen molar-refractivity contribution in [3.63, 3.8) is 0 Å². The largest absolute Gasteiger partial charge is 0.383 e. The van der Waals surface area contributed by atoms with Gasteiger partial charge in [0.25, 0.3) is 5.91 Å². The maximum Gasteiger partial charge on any atom is 0.280 e. The third-order valence-corrected chi connectivity index (χ3v) is 6.58. The molecule has 6 nitrogen and oxygen atoms in total. The number of hydrogen-bond donors (Lipinski definition) is 2. The van der Waals surface area contributed by atoms with Crippen molar-refractivity contribution in [3.05, 3.63) is 78.9 Å². The summed E-state index contributed by atoms with van der Waals surface area (Å²) in [7, 11) is 0. The molecular formula is C21H16Cl2N4O2S. The molecule has 0 bridgehead atoms. The van der Waals surface area contributed by atoms with Crippen LogP contribution in [0, 0.1) is 11.3 Å². The standard InChI is InChI=1S/C21H16Cl2N4O2S/c22-11-6-7-12(14(23)9-11)18-13(10-24)20(25)27(15-3-1-4-16(28)19(15)18)26-21(29)17-5-2-8-30-17/h2,5-9,18H,1,3-4,25H2,(H,26,29). The van der Waals surface area contributed by atoms with Gasteiger partial charge in [-0.1, -0.05) is 35.3 Å². The fourth-order valence-corrected chi connectivity index (χ4v) is 4.96. The third kappa shape index (κ3) is 3.47. The van der Waals surface area contributed by atoms with E-state index >= 15 is 0 Å². The highest BCUT2D eigenvalue weighted by Crippen LogP contribution is 2.46. The number of carbonyl (C=O) groups excluding carboxylic acids is 2. The van der Waals surface area contributed by atoms with Gasteiger partial charge in [-0.25, -0.2) is 5.01 Å². The van der Waals surface area contributed by atoms with Crippen LogP contribution in [-0.2, 0) is 4.79 Å². The Labute approximate surface area is 187 Å². The lowest BCUT2D eigenvalue weighted by molar-refractivity contribution is -0.116. The first-order valence-corrected chi connectivity index (χ1v) is 10.8. The Hall–Kier alpha value is -2.79. The molecule has 2 aromatic rings. The molecule has 1 aliphatic carbocycles. The molecule has 0 spiro atoms. The first-order valence-electron chi connectivity index (χ1n) is 9.18. The highest BCUT2D eigenvalue weighted by Gasteiger charge is 2.41. The highest BCUT2D eigenvalue weighted by atomic mass is 35.5. The molecule has 1 aliphatic heterocycles. The molecule has 3 N–H and O–H groups in total. The van der Waals surface area contributed by atoms with Crippen molar-refractivity contribution >= 4 is 46.2 Å². The van der Waals surface area contributed by atoms with Gasteiger partial charge in [-0.15, -0.1) is 11.3 Å². The predicted molar refractivity (Wildman–Crippen MR) is 116 cm³/mol. The van der Waals surface area contributed by atoms with E-state index in [1.807, 2.05) is 0 Å². The summed E-state index contributed by atoms with van der Waals surface area (Å²) in [5, 5.41) is 13.9. The first-order chi connectivity index (χ1) is 14.4. The maximum atomic E-state index is 13.0. The number of hydrogen-bond acceptors (Lipinski definition) is 6. The Bertz CT molecular complexity index is 1150. The summed E-state index contributed by atoms with van der Waals surface area (Å²) in [4.78, 5) is 26.1. The summed E-state index contributed by atoms with van der Waals surface area (Å²) in [6.07, 6.45) is 1.51. The van der Waals surface area contributed by atoms with Gasteiger partial charge in [0.05, 0.1) is 22.4 Å². The fraction of sp³-hybridized carbons (Fsp3) is 0.190. The van der Waals surface area contributed by atoms with Crippen molar-refractivity contribution in [1.82, 2.24) is 10.4 Å². The quantitative estimate of drug-likeness (QED) is 0.704. The van der Waals surface area contributed by atoms with Crippen LogP contribution >= 0.6 is 34.5 Å². The van der Waals surface area contributed by atoms with E-state index in [2.05, 4.69) is 11.5 Å². The van der Waals surface area contributed by atoms with Crippen molar-refractivity contribution in [2.24, 2.45) is 5.73 Å². The Morgan fingerprint density at radius 1 is 1.30 bits per heavy atom. The number of allylic oxidation sites excluding steroid dienone is 3. The molecule has 1 atom stereocenters. The van der Waals surface area contributed by atoms with E-state index in [9.17, 15) is 14.9 Å². The monoisotopic (exact) mass is 458 g/mol. The van der Waals surface area contributed by atoms with Crippen molar-refractivity contribution < 1.29 is 9.59 Å². The summed E-state index contributed by atoms with van der Waals surface area (Å²) in [5.41, 5.74) is 10.9. The number of halogens is 2. The maximum absolute atomic E-state index is 13.0. The summed E-state index contributed by atoms with van der Waals surface area (Å²) < 4.78 is 0. The summed E-state index contributed by atoms with van der Waals surface area (Å²) >= 11 is 13.7. The highest BCUT2D eigenvalue weighted by molar-refractivity contribution is 7.12. The predicted octanol–water partition coefficient (Wildman–Crippen LogP) is 4.50. The van der Waals surface area contributed by atoms with Crippen LogP contribution < -0.4 is 11.2 Å². The number of ketones is 1. The lowest BCUT2D eigenvalue weighted by Crippen LogP contribution is -2.48.